The van der Waals surface area contributed by atoms with Crippen molar-refractivity contribution in [2.75, 3.05) is 6.61 Å². The van der Waals surface area contributed by atoms with Crippen molar-refractivity contribution in [3.63, 3.8) is 0 Å². The molecule has 360 valence electrons. The minimum Gasteiger partial charge on any atom is -0.481 e. The largest absolute Gasteiger partial charge is 0.481 e. The van der Waals surface area contributed by atoms with Crippen molar-refractivity contribution in [3.8, 4) is 11.1 Å². The summed E-state index contributed by atoms with van der Waals surface area (Å²) in [5, 5.41) is 31.8. The van der Waals surface area contributed by atoms with Crippen LogP contribution in [0.4, 0.5) is 4.79 Å². The predicted octanol–water partition coefficient (Wildman–Crippen LogP) is 3.35. The highest BCUT2D eigenvalue weighted by Crippen LogP contribution is 2.44. The summed E-state index contributed by atoms with van der Waals surface area (Å²) >= 11 is 0. The minimum absolute atomic E-state index is 0.0584. The minimum atomic E-state index is -1.72. The van der Waals surface area contributed by atoms with Crippen molar-refractivity contribution < 1.29 is 58.0 Å². The Morgan fingerprint density at radius 2 is 1.07 bits per heavy atom. The van der Waals surface area contributed by atoms with Gasteiger partial charge in [-0.25, -0.2) is 9.59 Å². The van der Waals surface area contributed by atoms with Crippen LogP contribution in [0.2, 0.25) is 0 Å². The third kappa shape index (κ3) is 15.0. The Morgan fingerprint density at radius 1 is 0.603 bits per heavy atom. The van der Waals surface area contributed by atoms with Gasteiger partial charge in [-0.1, -0.05) is 109 Å². The molecular formula is C50H58N6O12. The Morgan fingerprint density at radius 3 is 1.59 bits per heavy atom. The zero-order valence-corrected chi connectivity index (χ0v) is 38.2. The molecule has 6 atom stereocenters. The molecule has 4 aromatic rings. The number of carboxylic acid groups (broad SMARTS) is 2. The smallest absolute Gasteiger partial charge is 0.407 e. The molecule has 0 unspecified atom stereocenters. The molecule has 0 saturated heterocycles. The Balaban J connectivity index is 1.35. The average Bonchev–Trinajstić information content (AvgIpc) is 3.61. The predicted molar refractivity (Wildman–Crippen MR) is 249 cm³/mol. The lowest BCUT2D eigenvalue weighted by molar-refractivity contribution is -0.144. The Bertz CT molecular complexity index is 2400. The molecule has 0 spiro atoms. The number of carbonyl (C=O) groups excluding carboxylic acids is 6. The molecule has 1 aliphatic rings. The number of rotatable bonds is 23. The second kappa shape index (κ2) is 23.7. The molecule has 18 heteroatoms. The van der Waals surface area contributed by atoms with Crippen LogP contribution in [0.1, 0.15) is 75.1 Å². The number of amides is 6. The summed E-state index contributed by atoms with van der Waals surface area (Å²) < 4.78 is 11.8. The molecule has 4 aromatic carbocycles. The van der Waals surface area contributed by atoms with Gasteiger partial charge in [0.25, 0.3) is 0 Å². The number of hydrogen-bond donors (Lipinski definition) is 8. The van der Waals surface area contributed by atoms with Gasteiger partial charge in [-0.05, 0) is 67.5 Å². The topological polar surface area (TPSA) is 282 Å². The van der Waals surface area contributed by atoms with E-state index in [1.807, 2.05) is 48.5 Å². The molecule has 0 fully saturated rings. The van der Waals surface area contributed by atoms with Crippen LogP contribution in [0, 0.1) is 0 Å². The number of aliphatic carboxylic acids is 2. The summed E-state index contributed by atoms with van der Waals surface area (Å²) in [6.07, 6.45) is -4.14. The number of benzene rings is 4. The fraction of sp³-hybridized carbons (Fsp3) is 0.360. The maximum absolute atomic E-state index is 14.2. The van der Waals surface area contributed by atoms with Gasteiger partial charge in [0.2, 0.25) is 29.5 Å². The summed E-state index contributed by atoms with van der Waals surface area (Å²) in [5.41, 5.74) is 9.83. The first-order chi connectivity index (χ1) is 32.3. The van der Waals surface area contributed by atoms with Gasteiger partial charge in [-0.2, -0.15) is 0 Å². The molecule has 6 amide bonds. The quantitative estimate of drug-likeness (QED) is 0.0532. The fourth-order valence-electron chi connectivity index (χ4n) is 7.92. The van der Waals surface area contributed by atoms with E-state index in [2.05, 4.69) is 26.6 Å². The highest BCUT2D eigenvalue weighted by Gasteiger charge is 2.37. The SMILES string of the molecule is C[C@@H](OC(C)(C)C)[C@H](NC(=O)[C@H](CC(N)=O)NC(=O)[C@H](Cc1ccccc1)NC(=O)OCC1c2ccccc2-c2ccccc21)C(=O)N[C@@H](CCC(=O)O)C(=O)N[C@@H](Cc1ccccc1)C(=O)O. The first kappa shape index (κ1) is 51.4. The van der Waals surface area contributed by atoms with Crippen LogP contribution >= 0.6 is 0 Å². The van der Waals surface area contributed by atoms with Crippen molar-refractivity contribution in [3.05, 3.63) is 131 Å². The summed E-state index contributed by atoms with van der Waals surface area (Å²) in [5.74, 6) is -8.03. The van der Waals surface area contributed by atoms with Crippen LogP contribution in [0.3, 0.4) is 0 Å². The summed E-state index contributed by atoms with van der Waals surface area (Å²) in [7, 11) is 0. The molecule has 18 nitrogen and oxygen atoms in total. The maximum atomic E-state index is 14.2. The average molecular weight is 935 g/mol. The number of fused-ring (bicyclic) bond motifs is 3. The number of nitrogens with one attached hydrogen (secondary N) is 5. The van der Waals surface area contributed by atoms with Crippen LogP contribution in [0.15, 0.2) is 109 Å². The van der Waals surface area contributed by atoms with Crippen molar-refractivity contribution in [2.24, 2.45) is 5.73 Å². The normalized spacial score (nSPS) is 14.5. The van der Waals surface area contributed by atoms with Gasteiger partial charge in [-0.15, -0.1) is 0 Å². The van der Waals surface area contributed by atoms with Crippen molar-refractivity contribution in [1.29, 1.82) is 0 Å². The number of carboxylic acids is 2. The second-order valence-corrected chi connectivity index (χ2v) is 17.4. The van der Waals surface area contributed by atoms with Crippen molar-refractivity contribution >= 4 is 47.6 Å². The Labute approximate surface area is 393 Å². The van der Waals surface area contributed by atoms with E-state index in [9.17, 15) is 48.6 Å². The molecule has 0 radical (unpaired) electrons. The third-order valence-corrected chi connectivity index (χ3v) is 11.0. The molecular weight excluding hydrogens is 877 g/mol. The lowest BCUT2D eigenvalue weighted by Gasteiger charge is -2.32. The zero-order valence-electron chi connectivity index (χ0n) is 38.2. The van der Waals surface area contributed by atoms with Crippen molar-refractivity contribution in [2.45, 2.75) is 108 Å². The van der Waals surface area contributed by atoms with Gasteiger partial charge < -0.3 is 52.0 Å². The number of ether oxygens (including phenoxy) is 2. The van der Waals surface area contributed by atoms with Gasteiger partial charge in [0, 0.05) is 25.2 Å². The van der Waals surface area contributed by atoms with Gasteiger partial charge in [0.05, 0.1) is 18.1 Å². The van der Waals surface area contributed by atoms with E-state index in [0.717, 1.165) is 22.3 Å². The van der Waals surface area contributed by atoms with Gasteiger partial charge in [0.15, 0.2) is 0 Å². The highest BCUT2D eigenvalue weighted by molar-refractivity contribution is 5.98. The van der Waals surface area contributed by atoms with Gasteiger partial charge >= 0.3 is 18.0 Å². The lowest BCUT2D eigenvalue weighted by Crippen LogP contribution is -2.62. The molecule has 5 rings (SSSR count). The molecule has 9 N–H and O–H groups in total. The molecule has 68 heavy (non-hydrogen) atoms. The maximum Gasteiger partial charge on any atom is 0.407 e. The van der Waals surface area contributed by atoms with E-state index < -0.39 is 109 Å². The van der Waals surface area contributed by atoms with Gasteiger partial charge in [-0.3, -0.25) is 28.8 Å². The molecule has 0 bridgehead atoms. The highest BCUT2D eigenvalue weighted by atomic mass is 16.5. The standard InChI is InChI=1S/C50H58N6O12/c1-29(68-50(2,3)4)43(47(63)52-37(23-24-42(58)59)44(60)54-40(48(64)65)26-31-17-9-6-10-18-31)56-46(62)39(27-41(51)57)53-45(61)38(25-30-15-7-5-8-16-30)55-49(66)67-28-36-34-21-13-11-19-32(34)33-20-12-14-22-35(33)36/h5-22,29,36-40,43H,23-28H2,1-4H3,(H2,51,57)(H,52,63)(H,53,61)(H,54,60)(H,55,66)(H,56,62)(H,58,59)(H,64,65)/t29-,37+,38+,39+,40+,43+/m1/s1. The van der Waals surface area contributed by atoms with Crippen LogP contribution in [0.5, 0.6) is 0 Å². The van der Waals surface area contributed by atoms with Crippen molar-refractivity contribution in [1.82, 2.24) is 26.6 Å². The third-order valence-electron chi connectivity index (χ3n) is 11.0. The van der Waals surface area contributed by atoms with E-state index in [1.54, 1.807) is 81.4 Å². The Kier molecular flexibility index (Phi) is 17.9. The van der Waals surface area contributed by atoms with E-state index in [0.29, 0.717) is 11.1 Å². The second-order valence-electron chi connectivity index (χ2n) is 17.4. The zero-order chi connectivity index (χ0) is 49.5. The number of primary amides is 1. The molecule has 0 aromatic heterocycles. The first-order valence-corrected chi connectivity index (χ1v) is 22.1. The van der Waals surface area contributed by atoms with Crippen LogP contribution in [0.25, 0.3) is 11.1 Å². The molecule has 0 heterocycles. The summed E-state index contributed by atoms with van der Waals surface area (Å²) in [6, 6.07) is 24.8. The molecule has 0 saturated carbocycles. The summed E-state index contributed by atoms with van der Waals surface area (Å²) in [4.78, 5) is 106. The number of hydrogen-bond acceptors (Lipinski definition) is 10. The first-order valence-electron chi connectivity index (χ1n) is 22.1. The van der Waals surface area contributed by atoms with E-state index >= 15 is 0 Å². The summed E-state index contributed by atoms with van der Waals surface area (Å²) in [6.45, 7) is 6.41. The monoisotopic (exact) mass is 934 g/mol. The molecule has 1 aliphatic carbocycles. The number of carbonyl (C=O) groups is 8. The Hall–Kier alpha value is -7.60. The number of alkyl carbamates (subject to hydrolysis) is 1. The molecule has 0 aliphatic heterocycles. The van der Waals surface area contributed by atoms with Crippen LogP contribution in [-0.2, 0) is 55.9 Å². The van der Waals surface area contributed by atoms with E-state index in [1.165, 1.54) is 6.92 Å². The van der Waals surface area contributed by atoms with E-state index in [4.69, 9.17) is 15.2 Å². The van der Waals surface area contributed by atoms with Crippen LogP contribution < -0.4 is 32.3 Å². The van der Waals surface area contributed by atoms with Gasteiger partial charge in [0.1, 0.15) is 36.8 Å². The lowest BCUT2D eigenvalue weighted by atomic mass is 9.98. The van der Waals surface area contributed by atoms with Crippen LogP contribution in [-0.4, -0.2) is 106 Å². The fourth-order valence-corrected chi connectivity index (χ4v) is 7.92. The van der Waals surface area contributed by atoms with E-state index in [-0.39, 0.29) is 25.4 Å². The number of nitrogens with two attached hydrogens (primary N) is 1.